The third kappa shape index (κ3) is 4.48. The van der Waals surface area contributed by atoms with E-state index < -0.39 is 12.0 Å². The third-order valence-corrected chi connectivity index (χ3v) is 3.59. The first-order valence-electron chi connectivity index (χ1n) is 7.45. The average molecular weight is 290 g/mol. The Morgan fingerprint density at radius 3 is 2.52 bits per heavy atom. The first-order chi connectivity index (χ1) is 10.1. The van der Waals surface area contributed by atoms with E-state index in [1.54, 1.807) is 0 Å². The minimum atomic E-state index is -0.919. The Balaban J connectivity index is 2.06. The molecule has 1 aromatic carbocycles. The molecule has 114 valence electrons. The molecular formula is C16H22N2O3. The molecule has 0 bridgehead atoms. The fourth-order valence-corrected chi connectivity index (χ4v) is 2.42. The van der Waals surface area contributed by atoms with Crippen LogP contribution in [0.1, 0.15) is 44.2 Å². The first-order valence-corrected chi connectivity index (χ1v) is 7.45. The lowest BCUT2D eigenvalue weighted by atomic mass is 10.0. The third-order valence-electron chi connectivity index (χ3n) is 3.59. The zero-order valence-corrected chi connectivity index (χ0v) is 12.3. The van der Waals surface area contributed by atoms with E-state index in [9.17, 15) is 9.59 Å². The fraction of sp³-hybridized carbons (Fsp3) is 0.500. The molecule has 1 aliphatic rings. The van der Waals surface area contributed by atoms with Gasteiger partial charge in [0, 0.05) is 12.6 Å². The monoisotopic (exact) mass is 290 g/mol. The van der Waals surface area contributed by atoms with E-state index in [1.165, 1.54) is 0 Å². The van der Waals surface area contributed by atoms with Gasteiger partial charge in [-0.1, -0.05) is 37.3 Å². The van der Waals surface area contributed by atoms with Gasteiger partial charge in [0.25, 0.3) is 0 Å². The molecule has 2 N–H and O–H groups in total. The van der Waals surface area contributed by atoms with Crippen molar-refractivity contribution < 1.29 is 14.7 Å². The van der Waals surface area contributed by atoms with Gasteiger partial charge in [-0.3, -0.25) is 4.79 Å². The number of nitrogens with one attached hydrogen (secondary N) is 1. The Hall–Kier alpha value is -2.04. The minimum absolute atomic E-state index is 0.111. The lowest BCUT2D eigenvalue weighted by molar-refractivity contribution is -0.137. The highest BCUT2D eigenvalue weighted by Crippen LogP contribution is 2.27. The number of hydrogen-bond donors (Lipinski definition) is 2. The topological polar surface area (TPSA) is 69.6 Å². The maximum absolute atomic E-state index is 12.4. The predicted octanol–water partition coefficient (Wildman–Crippen LogP) is 2.79. The summed E-state index contributed by atoms with van der Waals surface area (Å²) in [7, 11) is 0. The van der Waals surface area contributed by atoms with Gasteiger partial charge in [-0.2, -0.15) is 0 Å². The summed E-state index contributed by atoms with van der Waals surface area (Å²) in [5.41, 5.74) is 0.820. The molecule has 1 atom stereocenters. The Morgan fingerprint density at radius 2 is 2.00 bits per heavy atom. The van der Waals surface area contributed by atoms with Crippen LogP contribution in [0.5, 0.6) is 0 Å². The van der Waals surface area contributed by atoms with Gasteiger partial charge < -0.3 is 15.3 Å². The Bertz CT molecular complexity index is 486. The van der Waals surface area contributed by atoms with Gasteiger partial charge in [-0.05, 0) is 24.8 Å². The summed E-state index contributed by atoms with van der Waals surface area (Å²) in [5, 5.41) is 11.9. The number of nitrogens with zero attached hydrogens (tertiary/aromatic N) is 1. The number of hydrogen-bond acceptors (Lipinski definition) is 2. The van der Waals surface area contributed by atoms with Crippen molar-refractivity contribution in [1.29, 1.82) is 0 Å². The minimum Gasteiger partial charge on any atom is -0.481 e. The summed E-state index contributed by atoms with van der Waals surface area (Å²) in [6.45, 7) is 2.75. The lowest BCUT2D eigenvalue weighted by Crippen LogP contribution is -2.43. The Kier molecular flexibility index (Phi) is 5.20. The van der Waals surface area contributed by atoms with E-state index in [1.807, 2.05) is 42.2 Å². The predicted molar refractivity (Wildman–Crippen MR) is 80.0 cm³/mol. The van der Waals surface area contributed by atoms with E-state index in [0.29, 0.717) is 12.6 Å². The molecule has 0 saturated heterocycles. The van der Waals surface area contributed by atoms with E-state index in [-0.39, 0.29) is 12.5 Å². The molecule has 0 radical (unpaired) electrons. The molecule has 0 aliphatic heterocycles. The summed E-state index contributed by atoms with van der Waals surface area (Å²) in [6, 6.07) is 8.93. The molecule has 5 nitrogen and oxygen atoms in total. The number of aliphatic carboxylic acids is 1. The number of benzene rings is 1. The van der Waals surface area contributed by atoms with Crippen LogP contribution in [-0.4, -0.2) is 34.6 Å². The van der Waals surface area contributed by atoms with Crippen LogP contribution >= 0.6 is 0 Å². The van der Waals surface area contributed by atoms with Crippen molar-refractivity contribution in [2.75, 3.05) is 6.54 Å². The second-order valence-electron chi connectivity index (χ2n) is 5.44. The van der Waals surface area contributed by atoms with Crippen LogP contribution in [0, 0.1) is 0 Å². The number of carboxylic acid groups (broad SMARTS) is 1. The SMILES string of the molecule is CCCN(C(=O)NC(CC(=O)O)c1ccccc1)C1CC1. The standard InChI is InChI=1S/C16H22N2O3/c1-2-10-18(13-8-9-13)16(21)17-14(11-15(19)20)12-6-4-3-5-7-12/h3-7,13-14H,2,8-11H2,1H3,(H,17,21)(H,19,20). The van der Waals surface area contributed by atoms with Crippen molar-refractivity contribution in [1.82, 2.24) is 10.2 Å². The normalized spacial score (nSPS) is 15.3. The fourth-order valence-electron chi connectivity index (χ4n) is 2.42. The van der Waals surface area contributed by atoms with Gasteiger partial charge in [-0.15, -0.1) is 0 Å². The molecule has 5 heteroatoms. The largest absolute Gasteiger partial charge is 0.481 e. The second kappa shape index (κ2) is 7.11. The highest BCUT2D eigenvalue weighted by Gasteiger charge is 2.33. The molecule has 0 heterocycles. The van der Waals surface area contributed by atoms with Crippen molar-refractivity contribution in [3.63, 3.8) is 0 Å². The molecule has 2 rings (SSSR count). The molecule has 1 unspecified atom stereocenters. The Morgan fingerprint density at radius 1 is 1.33 bits per heavy atom. The van der Waals surface area contributed by atoms with Gasteiger partial charge in [0.1, 0.15) is 0 Å². The maximum Gasteiger partial charge on any atom is 0.318 e. The van der Waals surface area contributed by atoms with Crippen molar-refractivity contribution in [2.45, 2.75) is 44.7 Å². The molecule has 1 saturated carbocycles. The molecule has 1 aromatic rings. The van der Waals surface area contributed by atoms with E-state index in [4.69, 9.17) is 5.11 Å². The summed E-state index contributed by atoms with van der Waals surface area (Å²) >= 11 is 0. The molecule has 21 heavy (non-hydrogen) atoms. The molecule has 0 spiro atoms. The zero-order chi connectivity index (χ0) is 15.2. The summed E-state index contributed by atoms with van der Waals surface area (Å²) < 4.78 is 0. The molecule has 1 aliphatic carbocycles. The van der Waals surface area contributed by atoms with Gasteiger partial charge >= 0.3 is 12.0 Å². The van der Waals surface area contributed by atoms with E-state index in [2.05, 4.69) is 5.32 Å². The van der Waals surface area contributed by atoms with Crippen LogP contribution in [0.15, 0.2) is 30.3 Å². The number of rotatable bonds is 7. The van der Waals surface area contributed by atoms with Gasteiger partial charge in [-0.25, -0.2) is 4.79 Å². The number of carboxylic acids is 1. The summed E-state index contributed by atoms with van der Waals surface area (Å²) in [5.74, 6) is -0.919. The average Bonchev–Trinajstić information content (AvgIpc) is 3.29. The highest BCUT2D eigenvalue weighted by atomic mass is 16.4. The smallest absolute Gasteiger partial charge is 0.318 e. The second-order valence-corrected chi connectivity index (χ2v) is 5.44. The number of amides is 2. The lowest BCUT2D eigenvalue weighted by Gasteiger charge is -2.26. The van der Waals surface area contributed by atoms with Crippen molar-refractivity contribution >= 4 is 12.0 Å². The maximum atomic E-state index is 12.4. The van der Waals surface area contributed by atoms with Crippen LogP contribution in [0.2, 0.25) is 0 Å². The quantitative estimate of drug-likeness (QED) is 0.811. The van der Waals surface area contributed by atoms with Gasteiger partial charge in [0.15, 0.2) is 0 Å². The zero-order valence-electron chi connectivity index (χ0n) is 12.3. The van der Waals surface area contributed by atoms with E-state index in [0.717, 1.165) is 24.8 Å². The van der Waals surface area contributed by atoms with Crippen molar-refractivity contribution in [2.24, 2.45) is 0 Å². The molecule has 2 amide bonds. The number of urea groups is 1. The molecule has 0 aromatic heterocycles. The van der Waals surface area contributed by atoms with Gasteiger partial charge in [0.2, 0.25) is 0 Å². The highest BCUT2D eigenvalue weighted by molar-refractivity contribution is 5.77. The summed E-state index contributed by atoms with van der Waals surface area (Å²) in [4.78, 5) is 25.3. The van der Waals surface area contributed by atoms with Crippen LogP contribution in [0.4, 0.5) is 4.79 Å². The van der Waals surface area contributed by atoms with Crippen LogP contribution < -0.4 is 5.32 Å². The van der Waals surface area contributed by atoms with Gasteiger partial charge in [0.05, 0.1) is 12.5 Å². The Labute approximate surface area is 125 Å². The number of carbonyl (C=O) groups is 2. The number of carbonyl (C=O) groups excluding carboxylic acids is 1. The van der Waals surface area contributed by atoms with Crippen molar-refractivity contribution in [3.05, 3.63) is 35.9 Å². The van der Waals surface area contributed by atoms with Crippen LogP contribution in [0.25, 0.3) is 0 Å². The van der Waals surface area contributed by atoms with Crippen molar-refractivity contribution in [3.8, 4) is 0 Å². The first kappa shape index (κ1) is 15.4. The molecule has 1 fully saturated rings. The van der Waals surface area contributed by atoms with Crippen LogP contribution in [-0.2, 0) is 4.79 Å². The molecular weight excluding hydrogens is 268 g/mol. The summed E-state index contributed by atoms with van der Waals surface area (Å²) in [6.07, 6.45) is 2.88. The van der Waals surface area contributed by atoms with Crippen LogP contribution in [0.3, 0.4) is 0 Å². The van der Waals surface area contributed by atoms with E-state index >= 15 is 0 Å².